The summed E-state index contributed by atoms with van der Waals surface area (Å²) in [6.45, 7) is 4.40. The first-order chi connectivity index (χ1) is 12.0. The molecule has 0 aromatic heterocycles. The lowest BCUT2D eigenvalue weighted by Crippen LogP contribution is -2.47. The van der Waals surface area contributed by atoms with Crippen LogP contribution in [0.4, 0.5) is 0 Å². The Bertz CT molecular complexity index is 687. The average Bonchev–Trinajstić information content (AvgIpc) is 3.11. The van der Waals surface area contributed by atoms with E-state index >= 15 is 0 Å². The zero-order valence-electron chi connectivity index (χ0n) is 14.8. The Morgan fingerprint density at radius 2 is 1.72 bits per heavy atom. The van der Waals surface area contributed by atoms with Gasteiger partial charge in [-0.2, -0.15) is 17.0 Å². The van der Waals surface area contributed by atoms with Crippen LogP contribution in [0, 0.1) is 0 Å². The number of benzene rings is 1. The molecule has 0 N–H and O–H groups in total. The molecule has 0 unspecified atom stereocenters. The molecule has 2 saturated heterocycles. The standard InChI is InChI=1S/C18H27N3O3S/c1-2-17-15-20(25(23,24)19-11-6-7-12-19)13-10-18(22)21(17)14-16-8-4-3-5-9-16/h3-5,8-9,17H,2,6-7,10-15H2,1H3/t17-/m1/s1. The Labute approximate surface area is 150 Å². The van der Waals surface area contributed by atoms with Crippen LogP contribution in [0.5, 0.6) is 0 Å². The minimum absolute atomic E-state index is 0.0369. The second-order valence-corrected chi connectivity index (χ2v) is 8.72. The summed E-state index contributed by atoms with van der Waals surface area (Å²) in [4.78, 5) is 14.5. The van der Waals surface area contributed by atoms with E-state index < -0.39 is 10.2 Å². The summed E-state index contributed by atoms with van der Waals surface area (Å²) in [5.74, 6) is 0.0369. The van der Waals surface area contributed by atoms with Crippen LogP contribution in [-0.2, 0) is 21.5 Å². The molecule has 1 aromatic carbocycles. The normalized spacial score (nSPS) is 23.8. The summed E-state index contributed by atoms with van der Waals surface area (Å²) in [5, 5.41) is 0. The third kappa shape index (κ3) is 4.04. The second kappa shape index (κ2) is 7.85. The molecule has 25 heavy (non-hydrogen) atoms. The maximum atomic E-state index is 12.9. The fourth-order valence-corrected chi connectivity index (χ4v) is 5.36. The van der Waals surface area contributed by atoms with Crippen LogP contribution < -0.4 is 0 Å². The van der Waals surface area contributed by atoms with Crippen LogP contribution >= 0.6 is 0 Å². The van der Waals surface area contributed by atoms with Crippen molar-refractivity contribution >= 4 is 16.1 Å². The molecule has 0 saturated carbocycles. The van der Waals surface area contributed by atoms with E-state index in [0.29, 0.717) is 26.2 Å². The highest BCUT2D eigenvalue weighted by atomic mass is 32.2. The number of amides is 1. The Kier molecular flexibility index (Phi) is 5.76. The predicted molar refractivity (Wildman–Crippen MR) is 97.0 cm³/mol. The van der Waals surface area contributed by atoms with E-state index in [0.717, 1.165) is 24.8 Å². The summed E-state index contributed by atoms with van der Waals surface area (Å²) in [5.41, 5.74) is 1.07. The summed E-state index contributed by atoms with van der Waals surface area (Å²) in [7, 11) is -3.46. The van der Waals surface area contributed by atoms with Crippen LogP contribution in [0.3, 0.4) is 0 Å². The van der Waals surface area contributed by atoms with E-state index in [1.807, 2.05) is 42.2 Å². The maximum absolute atomic E-state index is 12.9. The first-order valence-corrected chi connectivity index (χ1v) is 10.5. The van der Waals surface area contributed by atoms with Crippen LogP contribution in [0.25, 0.3) is 0 Å². The SMILES string of the molecule is CC[C@@H]1CN(S(=O)(=O)N2CCCC2)CCC(=O)N1Cc1ccccc1. The van der Waals surface area contributed by atoms with E-state index in [1.54, 1.807) is 4.31 Å². The van der Waals surface area contributed by atoms with E-state index in [1.165, 1.54) is 4.31 Å². The molecule has 6 nitrogen and oxygen atoms in total. The average molecular weight is 365 g/mol. The largest absolute Gasteiger partial charge is 0.334 e. The van der Waals surface area contributed by atoms with Crippen molar-refractivity contribution in [2.24, 2.45) is 0 Å². The lowest BCUT2D eigenvalue weighted by molar-refractivity contribution is -0.133. The lowest BCUT2D eigenvalue weighted by Gasteiger charge is -2.32. The second-order valence-electron chi connectivity index (χ2n) is 6.79. The third-order valence-corrected chi connectivity index (χ3v) is 7.14. The van der Waals surface area contributed by atoms with Gasteiger partial charge in [-0.25, -0.2) is 0 Å². The van der Waals surface area contributed by atoms with Gasteiger partial charge in [-0.15, -0.1) is 0 Å². The Morgan fingerprint density at radius 1 is 1.04 bits per heavy atom. The molecule has 2 fully saturated rings. The number of carbonyl (C=O) groups is 1. The molecule has 2 aliphatic rings. The van der Waals surface area contributed by atoms with E-state index in [-0.39, 0.29) is 24.9 Å². The van der Waals surface area contributed by atoms with E-state index in [9.17, 15) is 13.2 Å². The first kappa shape index (κ1) is 18.4. The molecule has 1 amide bonds. The fourth-order valence-electron chi connectivity index (χ4n) is 3.63. The van der Waals surface area contributed by atoms with E-state index in [2.05, 4.69) is 0 Å². The maximum Gasteiger partial charge on any atom is 0.282 e. The number of hydrogen-bond donors (Lipinski definition) is 0. The highest BCUT2D eigenvalue weighted by molar-refractivity contribution is 7.86. The van der Waals surface area contributed by atoms with Gasteiger partial charge in [-0.3, -0.25) is 4.79 Å². The molecule has 3 rings (SSSR count). The highest BCUT2D eigenvalue weighted by Gasteiger charge is 2.37. The number of nitrogens with zero attached hydrogens (tertiary/aromatic N) is 3. The van der Waals surface area contributed by atoms with Gasteiger partial charge in [0.1, 0.15) is 0 Å². The lowest BCUT2D eigenvalue weighted by atomic mass is 10.1. The van der Waals surface area contributed by atoms with Crippen molar-refractivity contribution in [3.63, 3.8) is 0 Å². The van der Waals surface area contributed by atoms with E-state index in [4.69, 9.17) is 0 Å². The van der Waals surface area contributed by atoms with Crippen LogP contribution in [0.1, 0.15) is 38.2 Å². The van der Waals surface area contributed by atoms with Gasteiger partial charge in [0, 0.05) is 45.2 Å². The minimum atomic E-state index is -3.46. The molecule has 1 atom stereocenters. The summed E-state index contributed by atoms with van der Waals surface area (Å²) < 4.78 is 28.9. The summed E-state index contributed by atoms with van der Waals surface area (Å²) >= 11 is 0. The zero-order chi connectivity index (χ0) is 17.9. The predicted octanol–water partition coefficient (Wildman–Crippen LogP) is 1.84. The van der Waals surface area contributed by atoms with Crippen molar-refractivity contribution < 1.29 is 13.2 Å². The van der Waals surface area contributed by atoms with Crippen molar-refractivity contribution in [2.45, 2.75) is 45.2 Å². The fraction of sp³-hybridized carbons (Fsp3) is 0.611. The quantitative estimate of drug-likeness (QED) is 0.800. The molecule has 0 bridgehead atoms. The van der Waals surface area contributed by atoms with Gasteiger partial charge in [0.25, 0.3) is 10.2 Å². The molecule has 2 aliphatic heterocycles. The van der Waals surface area contributed by atoms with Gasteiger partial charge < -0.3 is 4.90 Å². The van der Waals surface area contributed by atoms with Crippen molar-refractivity contribution in [1.82, 2.24) is 13.5 Å². The van der Waals surface area contributed by atoms with Crippen LogP contribution in [-0.4, -0.2) is 60.1 Å². The van der Waals surface area contributed by atoms with Crippen molar-refractivity contribution in [2.75, 3.05) is 26.2 Å². The Hall–Kier alpha value is -1.44. The van der Waals surface area contributed by atoms with Gasteiger partial charge in [-0.05, 0) is 24.8 Å². The van der Waals surface area contributed by atoms with Gasteiger partial charge in [-0.1, -0.05) is 37.3 Å². The van der Waals surface area contributed by atoms with Gasteiger partial charge in [0.05, 0.1) is 0 Å². The monoisotopic (exact) mass is 365 g/mol. The van der Waals surface area contributed by atoms with Crippen molar-refractivity contribution in [3.8, 4) is 0 Å². The number of hydrogen-bond acceptors (Lipinski definition) is 3. The van der Waals surface area contributed by atoms with Crippen molar-refractivity contribution in [1.29, 1.82) is 0 Å². The van der Waals surface area contributed by atoms with Crippen LogP contribution in [0.15, 0.2) is 30.3 Å². The third-order valence-electron chi connectivity index (χ3n) is 5.14. The Morgan fingerprint density at radius 3 is 2.36 bits per heavy atom. The zero-order valence-corrected chi connectivity index (χ0v) is 15.6. The summed E-state index contributed by atoms with van der Waals surface area (Å²) in [6.07, 6.45) is 2.83. The molecular formula is C18H27N3O3S. The smallest absolute Gasteiger partial charge is 0.282 e. The van der Waals surface area contributed by atoms with Gasteiger partial charge in [0.2, 0.25) is 5.91 Å². The Balaban J connectivity index is 1.78. The molecule has 138 valence electrons. The number of rotatable bonds is 5. The molecule has 1 aromatic rings. The molecule has 7 heteroatoms. The molecule has 0 aliphatic carbocycles. The molecule has 2 heterocycles. The van der Waals surface area contributed by atoms with Gasteiger partial charge >= 0.3 is 0 Å². The van der Waals surface area contributed by atoms with Crippen LogP contribution in [0.2, 0.25) is 0 Å². The van der Waals surface area contributed by atoms with Crippen molar-refractivity contribution in [3.05, 3.63) is 35.9 Å². The molecular weight excluding hydrogens is 338 g/mol. The summed E-state index contributed by atoms with van der Waals surface area (Å²) in [6, 6.07) is 9.79. The topological polar surface area (TPSA) is 60.9 Å². The highest BCUT2D eigenvalue weighted by Crippen LogP contribution is 2.23. The minimum Gasteiger partial charge on any atom is -0.334 e. The first-order valence-electron chi connectivity index (χ1n) is 9.11. The number of carbonyl (C=O) groups excluding carboxylic acids is 1. The van der Waals surface area contributed by atoms with Gasteiger partial charge in [0.15, 0.2) is 0 Å². The molecule has 0 radical (unpaired) electrons. The molecule has 0 spiro atoms.